The van der Waals surface area contributed by atoms with Gasteiger partial charge >= 0.3 is 6.03 Å². The lowest BCUT2D eigenvalue weighted by Crippen LogP contribution is -2.35. The molecule has 0 spiro atoms. The molecule has 2 N–H and O–H groups in total. The van der Waals surface area contributed by atoms with Crippen molar-refractivity contribution in [3.05, 3.63) is 69.8 Å². The molecule has 11 heteroatoms. The summed E-state index contributed by atoms with van der Waals surface area (Å²) in [5.74, 6) is 0.135. The number of nitrogens with zero attached hydrogens (tertiary/aromatic N) is 4. The van der Waals surface area contributed by atoms with Crippen LogP contribution in [0.1, 0.15) is 15.2 Å². The van der Waals surface area contributed by atoms with Gasteiger partial charge in [0.25, 0.3) is 5.91 Å². The van der Waals surface area contributed by atoms with Crippen LogP contribution in [0.2, 0.25) is 0 Å². The van der Waals surface area contributed by atoms with Crippen molar-refractivity contribution in [2.75, 3.05) is 41.8 Å². The molecule has 4 aromatic rings. The van der Waals surface area contributed by atoms with E-state index < -0.39 is 0 Å². The summed E-state index contributed by atoms with van der Waals surface area (Å²) in [6.07, 6.45) is 1.41. The minimum absolute atomic E-state index is 0.309. The highest BCUT2D eigenvalue weighted by Crippen LogP contribution is 2.44. The Kier molecular flexibility index (Phi) is 6.13. The van der Waals surface area contributed by atoms with Crippen molar-refractivity contribution < 1.29 is 14.3 Å². The van der Waals surface area contributed by atoms with E-state index in [1.807, 2.05) is 48.5 Å². The second-order valence-electron chi connectivity index (χ2n) is 8.47. The summed E-state index contributed by atoms with van der Waals surface area (Å²) in [4.78, 5) is 40.0. The monoisotopic (exact) mass is 564 g/mol. The maximum atomic E-state index is 13.3. The molecule has 182 valence electrons. The number of halogens is 1. The average molecular weight is 565 g/mol. The van der Waals surface area contributed by atoms with Gasteiger partial charge in [-0.1, -0.05) is 34.1 Å². The third kappa shape index (κ3) is 4.35. The van der Waals surface area contributed by atoms with E-state index in [-0.39, 0.29) is 11.9 Å². The fourth-order valence-corrected chi connectivity index (χ4v) is 5.75. The van der Waals surface area contributed by atoms with E-state index in [1.165, 1.54) is 28.1 Å². The average Bonchev–Trinajstić information content (AvgIpc) is 3.25. The van der Waals surface area contributed by atoms with Gasteiger partial charge in [0.1, 0.15) is 16.0 Å². The molecule has 9 nitrogen and oxygen atoms in total. The molecule has 4 heterocycles. The van der Waals surface area contributed by atoms with Crippen LogP contribution in [0.25, 0.3) is 10.2 Å². The molecule has 2 aliphatic rings. The first-order chi connectivity index (χ1) is 17.6. The van der Waals surface area contributed by atoms with Crippen LogP contribution in [0.5, 0.6) is 0 Å². The molecule has 1 fully saturated rings. The second-order valence-corrected chi connectivity index (χ2v) is 10.4. The zero-order valence-corrected chi connectivity index (χ0v) is 21.4. The zero-order chi connectivity index (χ0) is 24.6. The molecular weight excluding hydrogens is 544 g/mol. The van der Waals surface area contributed by atoms with Gasteiger partial charge < -0.3 is 15.4 Å². The normalized spacial score (nSPS) is 15.7. The van der Waals surface area contributed by atoms with Crippen LogP contribution >= 0.6 is 27.3 Å². The maximum Gasteiger partial charge on any atom is 0.332 e. The molecule has 0 saturated carbocycles. The lowest BCUT2D eigenvalue weighted by atomic mass is 10.1. The summed E-state index contributed by atoms with van der Waals surface area (Å²) in [6.45, 7) is 4.20. The fraction of sp³-hybridized carbons (Fsp3) is 0.200. The number of aromatic nitrogens is 2. The van der Waals surface area contributed by atoms with E-state index >= 15 is 0 Å². The van der Waals surface area contributed by atoms with Crippen molar-refractivity contribution in [3.8, 4) is 0 Å². The first-order valence-corrected chi connectivity index (χ1v) is 13.0. The molecule has 2 aromatic carbocycles. The van der Waals surface area contributed by atoms with E-state index in [0.717, 1.165) is 37.3 Å². The number of amides is 3. The molecular formula is C25H21BrN6O3S. The van der Waals surface area contributed by atoms with E-state index in [2.05, 4.69) is 41.4 Å². The predicted octanol–water partition coefficient (Wildman–Crippen LogP) is 5.22. The summed E-state index contributed by atoms with van der Waals surface area (Å²) in [6, 6.07) is 14.8. The SMILES string of the molecule is O=C(Nc1ccc(CN2CCOCC2)cc1)c1sc2ncnc3c2c1NC(=O)N3c1cccc(Br)c1. The number of hydrogen-bond donors (Lipinski definition) is 2. The van der Waals surface area contributed by atoms with Gasteiger partial charge in [0.05, 0.1) is 30.0 Å². The number of nitrogens with one attached hydrogen (secondary N) is 2. The lowest BCUT2D eigenvalue weighted by molar-refractivity contribution is 0.0342. The van der Waals surface area contributed by atoms with Crippen LogP contribution in [0, 0.1) is 0 Å². The third-order valence-corrected chi connectivity index (χ3v) is 7.70. The minimum atomic E-state index is -0.388. The Labute approximate surface area is 219 Å². The molecule has 0 unspecified atom stereocenters. The number of hydrogen-bond acceptors (Lipinski definition) is 7. The van der Waals surface area contributed by atoms with Gasteiger partial charge in [0.15, 0.2) is 5.82 Å². The number of morpholine rings is 1. The van der Waals surface area contributed by atoms with Crippen LogP contribution in [-0.2, 0) is 11.3 Å². The molecule has 3 amide bonds. The molecule has 0 aliphatic carbocycles. The van der Waals surface area contributed by atoms with Crippen molar-refractivity contribution in [2.24, 2.45) is 0 Å². The Hall–Kier alpha value is -3.38. The van der Waals surface area contributed by atoms with Crippen LogP contribution in [0.4, 0.5) is 27.7 Å². The Balaban J connectivity index is 1.26. The highest BCUT2D eigenvalue weighted by Gasteiger charge is 2.33. The summed E-state index contributed by atoms with van der Waals surface area (Å²) in [7, 11) is 0. The molecule has 36 heavy (non-hydrogen) atoms. The van der Waals surface area contributed by atoms with Crippen LogP contribution in [0.3, 0.4) is 0 Å². The van der Waals surface area contributed by atoms with Gasteiger partial charge in [-0.3, -0.25) is 9.69 Å². The smallest absolute Gasteiger partial charge is 0.332 e. The Bertz CT molecular complexity index is 1470. The summed E-state index contributed by atoms with van der Waals surface area (Å²) in [5.41, 5.74) is 2.94. The number of thiophene rings is 1. The first-order valence-electron chi connectivity index (χ1n) is 11.4. The van der Waals surface area contributed by atoms with Gasteiger partial charge in [-0.25, -0.2) is 19.7 Å². The van der Waals surface area contributed by atoms with Crippen LogP contribution in [0.15, 0.2) is 59.3 Å². The van der Waals surface area contributed by atoms with Crippen molar-refractivity contribution in [3.63, 3.8) is 0 Å². The van der Waals surface area contributed by atoms with Gasteiger partial charge in [-0.05, 0) is 35.9 Å². The topological polar surface area (TPSA) is 99.7 Å². The van der Waals surface area contributed by atoms with Crippen molar-refractivity contribution in [1.29, 1.82) is 0 Å². The highest BCUT2D eigenvalue weighted by atomic mass is 79.9. The maximum absolute atomic E-state index is 13.3. The molecule has 2 aromatic heterocycles. The van der Waals surface area contributed by atoms with Gasteiger partial charge in [-0.15, -0.1) is 11.3 Å². The molecule has 1 saturated heterocycles. The van der Waals surface area contributed by atoms with Crippen molar-refractivity contribution in [1.82, 2.24) is 14.9 Å². The van der Waals surface area contributed by atoms with Gasteiger partial charge in [0, 0.05) is 29.8 Å². The largest absolute Gasteiger partial charge is 0.379 e. The number of carbonyl (C=O) groups is 2. The zero-order valence-electron chi connectivity index (χ0n) is 19.0. The van der Waals surface area contributed by atoms with Crippen LogP contribution in [-0.4, -0.2) is 53.1 Å². The molecule has 0 bridgehead atoms. The highest BCUT2D eigenvalue weighted by molar-refractivity contribution is 9.10. The Morgan fingerprint density at radius 3 is 2.72 bits per heavy atom. The van der Waals surface area contributed by atoms with Gasteiger partial charge in [0.2, 0.25) is 0 Å². The third-order valence-electron chi connectivity index (χ3n) is 6.11. The molecule has 6 rings (SSSR count). The quantitative estimate of drug-likeness (QED) is 0.344. The van der Waals surface area contributed by atoms with E-state index in [4.69, 9.17) is 4.74 Å². The number of anilines is 4. The number of ether oxygens (including phenoxy) is 1. The molecule has 2 aliphatic heterocycles. The number of carbonyl (C=O) groups excluding carboxylic acids is 2. The number of benzene rings is 2. The first kappa shape index (κ1) is 23.0. The summed E-state index contributed by atoms with van der Waals surface area (Å²) < 4.78 is 6.25. The number of rotatable bonds is 5. The van der Waals surface area contributed by atoms with Crippen LogP contribution < -0.4 is 15.5 Å². The van der Waals surface area contributed by atoms with E-state index in [9.17, 15) is 9.59 Å². The molecule has 0 atom stereocenters. The lowest BCUT2D eigenvalue weighted by Gasteiger charge is -2.27. The fourth-order valence-electron chi connectivity index (χ4n) is 4.38. The Morgan fingerprint density at radius 1 is 1.14 bits per heavy atom. The summed E-state index contributed by atoms with van der Waals surface area (Å²) in [5, 5.41) is 6.49. The Morgan fingerprint density at radius 2 is 1.94 bits per heavy atom. The standard InChI is InChI=1S/C25H21BrN6O3S/c26-16-2-1-3-18(12-16)32-22-19-20(30-25(32)34)21(36-24(19)28-14-27-22)23(33)29-17-6-4-15(5-7-17)13-31-8-10-35-11-9-31/h1-7,12,14H,8-11,13H2,(H,29,33)(H,30,34). The number of urea groups is 1. The van der Waals surface area contributed by atoms with Crippen molar-refractivity contribution in [2.45, 2.75) is 6.54 Å². The predicted molar refractivity (Wildman–Crippen MR) is 143 cm³/mol. The van der Waals surface area contributed by atoms with Crippen molar-refractivity contribution >= 4 is 72.3 Å². The van der Waals surface area contributed by atoms with E-state index in [0.29, 0.717) is 38.0 Å². The van der Waals surface area contributed by atoms with E-state index in [1.54, 1.807) is 0 Å². The molecule has 0 radical (unpaired) electrons. The van der Waals surface area contributed by atoms with Gasteiger partial charge in [-0.2, -0.15) is 0 Å². The summed E-state index contributed by atoms with van der Waals surface area (Å²) >= 11 is 4.68. The minimum Gasteiger partial charge on any atom is -0.379 e. The second kappa shape index (κ2) is 9.58.